The number of benzene rings is 2. The molecule has 2 rings (SSSR count). The van der Waals surface area contributed by atoms with Crippen molar-refractivity contribution in [2.75, 3.05) is 17.3 Å². The second-order valence-electron chi connectivity index (χ2n) is 8.32. The SMILES string of the molecule is CC(C)(CS(C)(=O)=O)NC(=O)c1c(I)cccc1C(=O)Nc1cc(C(F)(F)F)cc(C(F)(F)F)c1. The quantitative estimate of drug-likeness (QED) is 0.340. The Balaban J connectivity index is 2.47. The van der Waals surface area contributed by atoms with Gasteiger partial charge in [-0.3, -0.25) is 9.59 Å². The molecular weight excluding hydrogens is 617 g/mol. The molecule has 0 spiro atoms. The first-order chi connectivity index (χ1) is 15.7. The van der Waals surface area contributed by atoms with E-state index in [4.69, 9.17) is 0 Å². The summed E-state index contributed by atoms with van der Waals surface area (Å²) in [6.07, 6.45) is -9.26. The molecule has 0 aliphatic carbocycles. The van der Waals surface area contributed by atoms with Gasteiger partial charge in [0.1, 0.15) is 9.84 Å². The zero-order chi connectivity index (χ0) is 27.0. The number of amides is 2. The smallest absolute Gasteiger partial charge is 0.346 e. The van der Waals surface area contributed by atoms with Gasteiger partial charge in [0.25, 0.3) is 11.8 Å². The van der Waals surface area contributed by atoms with Gasteiger partial charge in [0.05, 0.1) is 28.0 Å². The van der Waals surface area contributed by atoms with Crippen LogP contribution in [0.5, 0.6) is 0 Å². The number of alkyl halides is 6. The number of nitrogens with one attached hydrogen (secondary N) is 2. The molecule has 2 amide bonds. The number of carbonyl (C=O) groups is 2. The molecule has 0 aliphatic heterocycles. The van der Waals surface area contributed by atoms with E-state index in [1.165, 1.54) is 26.0 Å². The van der Waals surface area contributed by atoms with Crippen LogP contribution in [-0.2, 0) is 22.2 Å². The summed E-state index contributed by atoms with van der Waals surface area (Å²) in [5.74, 6) is -2.42. The summed E-state index contributed by atoms with van der Waals surface area (Å²) in [7, 11) is -3.50. The average Bonchev–Trinajstić information content (AvgIpc) is 2.63. The van der Waals surface area contributed by atoms with Crippen LogP contribution in [0.25, 0.3) is 0 Å². The van der Waals surface area contributed by atoms with Crippen LogP contribution in [-0.4, -0.2) is 37.8 Å². The third-order valence-electron chi connectivity index (χ3n) is 4.41. The van der Waals surface area contributed by atoms with Crippen molar-refractivity contribution >= 4 is 49.9 Å². The van der Waals surface area contributed by atoms with Crippen molar-refractivity contribution < 1.29 is 44.3 Å². The molecule has 0 radical (unpaired) electrons. The lowest BCUT2D eigenvalue weighted by Crippen LogP contribution is -2.48. The standard InChI is InChI=1S/C21H19F6IN2O4S/c1-19(2,10-35(3,33)34)30-18(32)16-14(5-4-6-15(16)28)17(31)29-13-8-11(20(22,23)24)7-12(9-13)21(25,26)27/h4-9H,10H2,1-3H3,(H,29,31)(H,30,32). The van der Waals surface area contributed by atoms with Crippen molar-refractivity contribution in [1.29, 1.82) is 0 Å². The van der Waals surface area contributed by atoms with E-state index >= 15 is 0 Å². The molecule has 0 saturated heterocycles. The van der Waals surface area contributed by atoms with Gasteiger partial charge in [0.2, 0.25) is 0 Å². The molecule has 0 aromatic heterocycles. The van der Waals surface area contributed by atoms with Crippen LogP contribution in [0.15, 0.2) is 36.4 Å². The fourth-order valence-electron chi connectivity index (χ4n) is 3.23. The number of halogens is 7. The van der Waals surface area contributed by atoms with Crippen LogP contribution in [0, 0.1) is 3.57 Å². The lowest BCUT2D eigenvalue weighted by atomic mass is 10.0. The largest absolute Gasteiger partial charge is 0.416 e. The molecule has 0 bridgehead atoms. The highest BCUT2D eigenvalue weighted by Crippen LogP contribution is 2.37. The number of sulfone groups is 1. The highest BCUT2D eigenvalue weighted by atomic mass is 127. The molecule has 0 unspecified atom stereocenters. The van der Waals surface area contributed by atoms with Crippen molar-refractivity contribution in [3.8, 4) is 0 Å². The van der Waals surface area contributed by atoms with Crippen LogP contribution in [0.3, 0.4) is 0 Å². The van der Waals surface area contributed by atoms with Gasteiger partial charge < -0.3 is 10.6 Å². The Bertz CT molecular complexity index is 1230. The third-order valence-corrected chi connectivity index (χ3v) is 6.55. The van der Waals surface area contributed by atoms with Gasteiger partial charge in [-0.05, 0) is 66.8 Å². The van der Waals surface area contributed by atoms with E-state index in [1.54, 1.807) is 22.6 Å². The molecule has 0 heterocycles. The summed E-state index contributed by atoms with van der Waals surface area (Å²) in [6.45, 7) is 2.87. The summed E-state index contributed by atoms with van der Waals surface area (Å²) in [4.78, 5) is 25.8. The van der Waals surface area contributed by atoms with Crippen molar-refractivity contribution in [2.24, 2.45) is 0 Å². The molecular formula is C21H19F6IN2O4S. The zero-order valence-electron chi connectivity index (χ0n) is 18.4. The van der Waals surface area contributed by atoms with Gasteiger partial charge in [-0.15, -0.1) is 0 Å². The number of hydrogen-bond donors (Lipinski definition) is 2. The van der Waals surface area contributed by atoms with E-state index in [9.17, 15) is 44.3 Å². The minimum absolute atomic E-state index is 0.0795. The first kappa shape index (κ1) is 28.9. The van der Waals surface area contributed by atoms with Crippen LogP contribution >= 0.6 is 22.6 Å². The minimum Gasteiger partial charge on any atom is -0.346 e. The highest BCUT2D eigenvalue weighted by molar-refractivity contribution is 14.1. The van der Waals surface area contributed by atoms with Crippen molar-refractivity contribution in [1.82, 2.24) is 5.32 Å². The summed E-state index contributed by atoms with van der Waals surface area (Å²) >= 11 is 1.72. The Morgan fingerprint density at radius 2 is 1.43 bits per heavy atom. The molecule has 0 saturated carbocycles. The maximum atomic E-state index is 13.1. The Morgan fingerprint density at radius 3 is 1.89 bits per heavy atom. The molecule has 6 nitrogen and oxygen atoms in total. The molecule has 0 aliphatic rings. The second kappa shape index (κ2) is 9.95. The van der Waals surface area contributed by atoms with E-state index < -0.39 is 62.1 Å². The summed E-state index contributed by atoms with van der Waals surface area (Å²) in [5.41, 5.74) is -5.83. The molecule has 14 heteroatoms. The zero-order valence-corrected chi connectivity index (χ0v) is 21.3. The maximum absolute atomic E-state index is 13.1. The van der Waals surface area contributed by atoms with Gasteiger partial charge in [0.15, 0.2) is 0 Å². The minimum atomic E-state index is -5.11. The molecule has 2 aromatic carbocycles. The fraction of sp³-hybridized carbons (Fsp3) is 0.333. The number of anilines is 1. The fourth-order valence-corrected chi connectivity index (χ4v) is 5.36. The Hall–Kier alpha value is -2.36. The second-order valence-corrected chi connectivity index (χ2v) is 11.6. The van der Waals surface area contributed by atoms with E-state index in [-0.39, 0.29) is 20.8 Å². The van der Waals surface area contributed by atoms with Crippen LogP contribution in [0.4, 0.5) is 32.0 Å². The molecule has 35 heavy (non-hydrogen) atoms. The van der Waals surface area contributed by atoms with Gasteiger partial charge in [0, 0.05) is 21.1 Å². The first-order valence-electron chi connectivity index (χ1n) is 9.59. The number of hydrogen-bond acceptors (Lipinski definition) is 4. The highest BCUT2D eigenvalue weighted by Gasteiger charge is 2.37. The topological polar surface area (TPSA) is 92.3 Å². The third kappa shape index (κ3) is 8.08. The van der Waals surface area contributed by atoms with Gasteiger partial charge in [-0.2, -0.15) is 26.3 Å². The first-order valence-corrected chi connectivity index (χ1v) is 12.7. The predicted octanol–water partition coefficient (Wildman–Crippen LogP) is 5.13. The molecule has 192 valence electrons. The summed E-state index contributed by atoms with van der Waals surface area (Å²) in [5, 5.41) is 4.48. The van der Waals surface area contributed by atoms with Crippen molar-refractivity contribution in [2.45, 2.75) is 31.7 Å². The van der Waals surface area contributed by atoms with Crippen LogP contribution in [0.2, 0.25) is 0 Å². The summed E-state index contributed by atoms with van der Waals surface area (Å²) < 4.78 is 102. The van der Waals surface area contributed by atoms with Crippen molar-refractivity contribution in [3.05, 3.63) is 62.2 Å². The Morgan fingerprint density at radius 1 is 0.914 bits per heavy atom. The monoisotopic (exact) mass is 636 g/mol. The molecule has 0 fully saturated rings. The lowest BCUT2D eigenvalue weighted by Gasteiger charge is -2.26. The van der Waals surface area contributed by atoms with Gasteiger partial charge in [-0.25, -0.2) is 8.42 Å². The van der Waals surface area contributed by atoms with E-state index in [0.29, 0.717) is 12.1 Å². The lowest BCUT2D eigenvalue weighted by molar-refractivity contribution is -0.143. The van der Waals surface area contributed by atoms with Crippen LogP contribution in [0.1, 0.15) is 45.7 Å². The van der Waals surface area contributed by atoms with Gasteiger partial charge >= 0.3 is 12.4 Å². The Labute approximate surface area is 210 Å². The summed E-state index contributed by atoms with van der Waals surface area (Å²) in [6, 6.07) is 4.58. The predicted molar refractivity (Wildman–Crippen MR) is 125 cm³/mol. The van der Waals surface area contributed by atoms with E-state index in [1.807, 2.05) is 5.32 Å². The van der Waals surface area contributed by atoms with E-state index in [0.717, 1.165) is 12.3 Å². The van der Waals surface area contributed by atoms with Gasteiger partial charge in [-0.1, -0.05) is 6.07 Å². The molecule has 2 N–H and O–H groups in total. The van der Waals surface area contributed by atoms with Crippen LogP contribution < -0.4 is 10.6 Å². The Kier molecular flexibility index (Phi) is 8.21. The van der Waals surface area contributed by atoms with E-state index in [2.05, 4.69) is 5.32 Å². The number of carbonyl (C=O) groups excluding carboxylic acids is 2. The van der Waals surface area contributed by atoms with Crippen molar-refractivity contribution in [3.63, 3.8) is 0 Å². The number of rotatable bonds is 6. The molecule has 0 atom stereocenters. The maximum Gasteiger partial charge on any atom is 0.416 e. The molecule has 2 aromatic rings. The normalized spacial score (nSPS) is 12.9. The average molecular weight is 636 g/mol.